The molecule has 0 radical (unpaired) electrons. The van der Waals surface area contributed by atoms with Gasteiger partial charge in [0.1, 0.15) is 17.2 Å². The van der Waals surface area contributed by atoms with Crippen molar-refractivity contribution in [2.45, 2.75) is 19.3 Å². The number of allylic oxidation sites excluding steroid dienone is 1. The molecule has 0 saturated heterocycles. The molecule has 1 aromatic carbocycles. The standard InChI is InChI=1S/C18H24N2O3S2.O.Tc/c1-22-12-9-16(21)14(17(10-12)23-2)11-19-7-8-20-15-6-4-5-13(15)18(24)25-3;;/h9-11,20-21H,4-8H2,1-3H3;;/i;;1+1. The van der Waals surface area contributed by atoms with Crippen molar-refractivity contribution in [1.82, 2.24) is 5.32 Å². The summed E-state index contributed by atoms with van der Waals surface area (Å²) < 4.78 is 19.6. The molecule has 149 valence electrons. The van der Waals surface area contributed by atoms with Crippen LogP contribution in [0, 0.1) is 0 Å². The van der Waals surface area contributed by atoms with Gasteiger partial charge >= 0.3 is 22.4 Å². The number of nitrogens with one attached hydrogen (secondary N) is 1. The molecule has 0 heterocycles. The summed E-state index contributed by atoms with van der Waals surface area (Å²) >= 11 is 7.93. The van der Waals surface area contributed by atoms with E-state index in [1.165, 1.54) is 11.3 Å². The minimum absolute atomic E-state index is 0.0824. The second-order valence-electron chi connectivity index (χ2n) is 5.53. The number of phenolic OH excluding ortho intramolecular Hbond substituents is 1. The van der Waals surface area contributed by atoms with Crippen molar-refractivity contribution < 1.29 is 36.9 Å². The Bertz CT molecular complexity index is 711. The van der Waals surface area contributed by atoms with Gasteiger partial charge in [-0.05, 0) is 31.1 Å². The Morgan fingerprint density at radius 3 is 2.74 bits per heavy atom. The molecule has 0 saturated carbocycles. The Morgan fingerprint density at radius 2 is 2.11 bits per heavy atom. The van der Waals surface area contributed by atoms with E-state index in [0.29, 0.717) is 23.6 Å². The van der Waals surface area contributed by atoms with E-state index in [2.05, 4.69) is 10.3 Å². The number of ether oxygens (including phenoxy) is 2. The maximum atomic E-state index is 10.1. The summed E-state index contributed by atoms with van der Waals surface area (Å²) in [4.78, 5) is 4.39. The van der Waals surface area contributed by atoms with E-state index in [1.807, 2.05) is 6.26 Å². The van der Waals surface area contributed by atoms with Gasteiger partial charge in [0.15, 0.2) is 0 Å². The average molecular weight is 495 g/mol. The Labute approximate surface area is 180 Å². The molecule has 6 nitrogen and oxygen atoms in total. The van der Waals surface area contributed by atoms with Crippen molar-refractivity contribution >= 4 is 34.4 Å². The number of hydrogen-bond acceptors (Lipinski definition) is 8. The molecule has 2 rings (SSSR count). The predicted octanol–water partition coefficient (Wildman–Crippen LogP) is 3.43. The van der Waals surface area contributed by atoms with Crippen LogP contribution in [0.25, 0.3) is 0 Å². The molecule has 0 unspecified atom stereocenters. The third kappa shape index (κ3) is 6.99. The van der Waals surface area contributed by atoms with Crippen LogP contribution >= 0.6 is 24.0 Å². The number of hydrogen-bond donors (Lipinski definition) is 2. The second-order valence-corrected chi connectivity index (χ2v) is 7.01. The van der Waals surface area contributed by atoms with Crippen molar-refractivity contribution in [3.8, 4) is 17.2 Å². The molecule has 1 aromatic rings. The van der Waals surface area contributed by atoms with Gasteiger partial charge in [0.05, 0.1) is 30.5 Å². The van der Waals surface area contributed by atoms with Crippen LogP contribution < -0.4 is 14.8 Å². The van der Waals surface area contributed by atoms with E-state index in [4.69, 9.17) is 25.2 Å². The monoisotopic (exact) mass is 495 g/mol. The molecule has 1 aliphatic carbocycles. The van der Waals surface area contributed by atoms with Gasteiger partial charge < -0.3 is 19.9 Å². The van der Waals surface area contributed by atoms with E-state index >= 15 is 0 Å². The predicted molar refractivity (Wildman–Crippen MR) is 109 cm³/mol. The first-order valence-electron chi connectivity index (χ1n) is 8.25. The fourth-order valence-electron chi connectivity index (χ4n) is 2.72. The number of benzene rings is 1. The van der Waals surface area contributed by atoms with Crippen LogP contribution in [-0.4, -0.2) is 49.1 Å². The molecule has 2 N–H and O–H groups in total. The maximum absolute atomic E-state index is 10.1. The van der Waals surface area contributed by atoms with Crippen LogP contribution in [0.3, 0.4) is 0 Å². The van der Waals surface area contributed by atoms with Crippen LogP contribution in [0.5, 0.6) is 17.2 Å². The van der Waals surface area contributed by atoms with Crippen LogP contribution in [-0.2, 0) is 22.4 Å². The van der Waals surface area contributed by atoms with Gasteiger partial charge in [-0.3, -0.25) is 4.99 Å². The summed E-state index contributed by atoms with van der Waals surface area (Å²) in [6, 6.07) is 3.26. The molecular formula is C18H24N2O4S2Tc. The molecule has 27 heavy (non-hydrogen) atoms. The normalized spacial score (nSPS) is 13.3. The number of thiocarbonyl (C=S) groups is 1. The SMILES string of the molecule is COc1cc(O)c(C=NCCNC2=C(C(=S)SC)CCC2)c(OC)c1.[O]=[99Tc]. The van der Waals surface area contributed by atoms with Gasteiger partial charge in [-0.15, -0.1) is 11.8 Å². The van der Waals surface area contributed by atoms with E-state index < -0.39 is 0 Å². The summed E-state index contributed by atoms with van der Waals surface area (Å²) in [6.45, 7) is 1.32. The number of phenols is 1. The molecule has 0 amide bonds. The van der Waals surface area contributed by atoms with Crippen molar-refractivity contribution in [3.05, 3.63) is 29.0 Å². The van der Waals surface area contributed by atoms with Gasteiger partial charge in [0, 0.05) is 30.6 Å². The molecule has 0 spiro atoms. The van der Waals surface area contributed by atoms with E-state index in [0.717, 1.165) is 48.9 Å². The van der Waals surface area contributed by atoms with Gasteiger partial charge in [-0.2, -0.15) is 0 Å². The van der Waals surface area contributed by atoms with Crippen LogP contribution in [0.15, 0.2) is 28.4 Å². The van der Waals surface area contributed by atoms with Gasteiger partial charge in [0.25, 0.3) is 0 Å². The van der Waals surface area contributed by atoms with Crippen molar-refractivity contribution in [2.75, 3.05) is 33.6 Å². The summed E-state index contributed by atoms with van der Waals surface area (Å²) in [5, 5.41) is 13.5. The molecule has 0 fully saturated rings. The quantitative estimate of drug-likeness (QED) is 0.325. The van der Waals surface area contributed by atoms with Gasteiger partial charge in [-0.1, -0.05) is 12.2 Å². The van der Waals surface area contributed by atoms with Gasteiger partial charge in [0.2, 0.25) is 0 Å². The first-order valence-corrected chi connectivity index (χ1v) is 10.6. The Kier molecular flexibility index (Phi) is 11.4. The zero-order valence-electron chi connectivity index (χ0n) is 15.6. The fraction of sp³-hybridized carbons (Fsp3) is 0.444. The number of nitrogens with zero attached hydrogens (tertiary/aromatic N) is 1. The fourth-order valence-corrected chi connectivity index (χ4v) is 3.42. The van der Waals surface area contributed by atoms with Gasteiger partial charge in [-0.25, -0.2) is 0 Å². The molecular weight excluding hydrogens is 471 g/mol. The minimum atomic E-state index is 0.0824. The second kappa shape index (κ2) is 13.0. The van der Waals surface area contributed by atoms with E-state index in [9.17, 15) is 5.11 Å². The molecule has 0 aliphatic heterocycles. The van der Waals surface area contributed by atoms with Crippen molar-refractivity contribution in [2.24, 2.45) is 4.99 Å². The topological polar surface area (TPSA) is 80.2 Å². The van der Waals surface area contributed by atoms with Crippen molar-refractivity contribution in [1.29, 1.82) is 0 Å². The summed E-state index contributed by atoms with van der Waals surface area (Å²) in [5.41, 5.74) is 3.08. The van der Waals surface area contributed by atoms with Crippen LogP contribution in [0.2, 0.25) is 0 Å². The van der Waals surface area contributed by atoms with Crippen LogP contribution in [0.1, 0.15) is 24.8 Å². The third-order valence-corrected chi connectivity index (χ3v) is 5.36. The number of thioether (sulfide) groups is 1. The third-order valence-electron chi connectivity index (χ3n) is 4.00. The Balaban J connectivity index is 0.00000176. The molecule has 0 bridgehead atoms. The zero-order chi connectivity index (χ0) is 20.2. The Hall–Kier alpha value is -1.28. The molecule has 1 aliphatic rings. The first-order chi connectivity index (χ1) is 13.1. The number of aromatic hydroxyl groups is 1. The van der Waals surface area contributed by atoms with E-state index in [-0.39, 0.29) is 5.75 Å². The molecule has 0 atom stereocenters. The first kappa shape index (κ1) is 23.8. The number of rotatable bonds is 8. The summed E-state index contributed by atoms with van der Waals surface area (Å²) in [7, 11) is 3.10. The summed E-state index contributed by atoms with van der Waals surface area (Å²) in [6.07, 6.45) is 6.91. The van der Waals surface area contributed by atoms with Crippen molar-refractivity contribution in [3.63, 3.8) is 0 Å². The van der Waals surface area contributed by atoms with Crippen LogP contribution in [0.4, 0.5) is 0 Å². The molecule has 0 aromatic heterocycles. The van der Waals surface area contributed by atoms with E-state index in [1.54, 1.807) is 44.3 Å². The molecule has 9 heteroatoms. The number of methoxy groups -OCH3 is 2. The number of aliphatic imine (C=N–C) groups is 1. The summed E-state index contributed by atoms with van der Waals surface area (Å²) in [5.74, 6) is 1.15. The Morgan fingerprint density at radius 1 is 1.37 bits per heavy atom. The average Bonchev–Trinajstić information content (AvgIpc) is 3.17. The zero-order valence-corrected chi connectivity index (χ0v) is 19.1.